The van der Waals surface area contributed by atoms with Crippen LogP contribution in [-0.4, -0.2) is 53.9 Å². The molecule has 1 aromatic carbocycles. The third kappa shape index (κ3) is 4.18. The van der Waals surface area contributed by atoms with Gasteiger partial charge in [0.2, 0.25) is 0 Å². The number of benzene rings is 1. The number of anilines is 1. The van der Waals surface area contributed by atoms with Crippen LogP contribution in [0.15, 0.2) is 22.6 Å². The van der Waals surface area contributed by atoms with Gasteiger partial charge in [0.1, 0.15) is 5.76 Å². The third-order valence-electron chi connectivity index (χ3n) is 5.18. The molecule has 3 amide bonds. The molecule has 2 heterocycles. The number of piperidine rings is 1. The second kappa shape index (κ2) is 8.04. The van der Waals surface area contributed by atoms with Crippen molar-refractivity contribution >= 4 is 17.6 Å². The summed E-state index contributed by atoms with van der Waals surface area (Å²) in [6, 6.07) is 5.90. The fraction of sp³-hybridized carbons (Fsp3) is 0.476. The third-order valence-corrected chi connectivity index (χ3v) is 5.18. The molecule has 3 rings (SSSR count). The summed E-state index contributed by atoms with van der Waals surface area (Å²) in [5.41, 5.74) is 3.43. The fourth-order valence-electron chi connectivity index (χ4n) is 3.48. The van der Waals surface area contributed by atoms with E-state index in [9.17, 15) is 9.59 Å². The molecule has 7 nitrogen and oxygen atoms in total. The van der Waals surface area contributed by atoms with Gasteiger partial charge >= 0.3 is 6.03 Å². The van der Waals surface area contributed by atoms with Gasteiger partial charge in [0, 0.05) is 38.8 Å². The average molecular weight is 384 g/mol. The predicted molar refractivity (Wildman–Crippen MR) is 108 cm³/mol. The molecule has 0 bridgehead atoms. The Labute approximate surface area is 165 Å². The summed E-state index contributed by atoms with van der Waals surface area (Å²) < 4.78 is 5.77. The highest BCUT2D eigenvalue weighted by Gasteiger charge is 2.29. The summed E-state index contributed by atoms with van der Waals surface area (Å²) in [4.78, 5) is 32.5. The molecule has 1 saturated heterocycles. The highest BCUT2D eigenvalue weighted by molar-refractivity contribution is 5.93. The Balaban J connectivity index is 1.60. The summed E-state index contributed by atoms with van der Waals surface area (Å²) in [6.45, 7) is 7.04. The van der Waals surface area contributed by atoms with Gasteiger partial charge in [0.25, 0.3) is 5.91 Å². The molecule has 7 heteroatoms. The summed E-state index contributed by atoms with van der Waals surface area (Å²) in [5, 5.41) is 3.00. The average Bonchev–Trinajstić information content (AvgIpc) is 3.05. The standard InChI is InChI=1S/C21H28N4O3/c1-13-6-7-17(14(2)12-13)22-21(27)25-10-8-16(9-11-25)19-23-18(15(3)28-19)20(26)24(4)5/h6-7,12,16H,8-11H2,1-5H3,(H,22,27). The SMILES string of the molecule is Cc1ccc(NC(=O)N2CCC(c3nc(C(=O)N(C)C)c(C)o3)CC2)c(C)c1. The summed E-state index contributed by atoms with van der Waals surface area (Å²) in [5.74, 6) is 1.10. The number of amides is 3. The Morgan fingerprint density at radius 2 is 1.86 bits per heavy atom. The van der Waals surface area contributed by atoms with Gasteiger partial charge in [-0.05, 0) is 45.2 Å². The Morgan fingerprint density at radius 3 is 2.46 bits per heavy atom. The maximum Gasteiger partial charge on any atom is 0.321 e. The molecule has 1 aromatic heterocycles. The first kappa shape index (κ1) is 19.9. The number of hydrogen-bond donors (Lipinski definition) is 1. The molecular formula is C21H28N4O3. The summed E-state index contributed by atoms with van der Waals surface area (Å²) in [6.07, 6.45) is 1.52. The Morgan fingerprint density at radius 1 is 1.18 bits per heavy atom. The molecule has 1 aliphatic rings. The Bertz CT molecular complexity index is 880. The van der Waals surface area contributed by atoms with E-state index >= 15 is 0 Å². The predicted octanol–water partition coefficient (Wildman–Crippen LogP) is 3.71. The number of likely N-dealkylation sites (tertiary alicyclic amines) is 1. The molecule has 1 N–H and O–H groups in total. The number of urea groups is 1. The number of hydrogen-bond acceptors (Lipinski definition) is 4. The normalized spacial score (nSPS) is 14.8. The largest absolute Gasteiger partial charge is 0.445 e. The van der Waals surface area contributed by atoms with Crippen molar-refractivity contribution in [2.24, 2.45) is 0 Å². The molecule has 2 aromatic rings. The number of carbonyl (C=O) groups is 2. The molecule has 1 aliphatic heterocycles. The second-order valence-electron chi connectivity index (χ2n) is 7.67. The molecule has 0 spiro atoms. The lowest BCUT2D eigenvalue weighted by Crippen LogP contribution is -2.40. The topological polar surface area (TPSA) is 78.7 Å². The lowest BCUT2D eigenvalue weighted by molar-refractivity contribution is 0.0821. The minimum absolute atomic E-state index is 0.0857. The van der Waals surface area contributed by atoms with E-state index in [-0.39, 0.29) is 17.9 Å². The molecule has 28 heavy (non-hydrogen) atoms. The van der Waals surface area contributed by atoms with Crippen LogP contribution >= 0.6 is 0 Å². The summed E-state index contributed by atoms with van der Waals surface area (Å²) in [7, 11) is 3.39. The zero-order valence-electron chi connectivity index (χ0n) is 17.2. The minimum atomic E-state index is -0.155. The van der Waals surface area contributed by atoms with E-state index in [0.29, 0.717) is 30.4 Å². The fourth-order valence-corrected chi connectivity index (χ4v) is 3.48. The van der Waals surface area contributed by atoms with Gasteiger partial charge in [-0.1, -0.05) is 17.7 Å². The van der Waals surface area contributed by atoms with E-state index in [2.05, 4.69) is 16.4 Å². The first-order valence-electron chi connectivity index (χ1n) is 9.58. The van der Waals surface area contributed by atoms with Gasteiger partial charge in [-0.2, -0.15) is 0 Å². The van der Waals surface area contributed by atoms with Crippen LogP contribution in [0.25, 0.3) is 0 Å². The van der Waals surface area contributed by atoms with Crippen molar-refractivity contribution < 1.29 is 14.0 Å². The van der Waals surface area contributed by atoms with Crippen LogP contribution in [0.3, 0.4) is 0 Å². The number of carbonyl (C=O) groups excluding carboxylic acids is 2. The van der Waals surface area contributed by atoms with Crippen LogP contribution in [0.4, 0.5) is 10.5 Å². The lowest BCUT2D eigenvalue weighted by atomic mass is 9.97. The van der Waals surface area contributed by atoms with E-state index in [0.717, 1.165) is 24.1 Å². The van der Waals surface area contributed by atoms with Gasteiger partial charge in [0.15, 0.2) is 11.6 Å². The molecule has 0 saturated carbocycles. The van der Waals surface area contributed by atoms with Crippen molar-refractivity contribution in [3.05, 3.63) is 46.7 Å². The zero-order chi connectivity index (χ0) is 20.4. The van der Waals surface area contributed by atoms with E-state index < -0.39 is 0 Å². The van der Waals surface area contributed by atoms with E-state index in [1.807, 2.05) is 30.9 Å². The van der Waals surface area contributed by atoms with Crippen molar-refractivity contribution in [3.8, 4) is 0 Å². The van der Waals surface area contributed by atoms with Gasteiger partial charge in [0.05, 0.1) is 0 Å². The number of rotatable bonds is 3. The van der Waals surface area contributed by atoms with Gasteiger partial charge in [-0.25, -0.2) is 9.78 Å². The van der Waals surface area contributed by atoms with Crippen molar-refractivity contribution in [1.29, 1.82) is 0 Å². The Hall–Kier alpha value is -2.83. The van der Waals surface area contributed by atoms with Crippen LogP contribution < -0.4 is 5.32 Å². The van der Waals surface area contributed by atoms with Crippen LogP contribution in [0.1, 0.15) is 52.0 Å². The Kier molecular flexibility index (Phi) is 5.72. The molecule has 0 unspecified atom stereocenters. The van der Waals surface area contributed by atoms with Gasteiger partial charge in [-0.3, -0.25) is 4.79 Å². The lowest BCUT2D eigenvalue weighted by Gasteiger charge is -2.30. The molecule has 0 aliphatic carbocycles. The zero-order valence-corrected chi connectivity index (χ0v) is 17.2. The minimum Gasteiger partial charge on any atom is -0.445 e. The number of aryl methyl sites for hydroxylation is 3. The molecule has 1 fully saturated rings. The van der Waals surface area contributed by atoms with Gasteiger partial charge < -0.3 is 19.5 Å². The van der Waals surface area contributed by atoms with E-state index in [1.165, 1.54) is 10.5 Å². The number of aromatic nitrogens is 1. The van der Waals surface area contributed by atoms with Crippen molar-refractivity contribution in [1.82, 2.24) is 14.8 Å². The quantitative estimate of drug-likeness (QED) is 0.875. The van der Waals surface area contributed by atoms with Gasteiger partial charge in [-0.15, -0.1) is 0 Å². The van der Waals surface area contributed by atoms with Crippen LogP contribution in [0.5, 0.6) is 0 Å². The first-order chi connectivity index (χ1) is 13.3. The molecule has 0 radical (unpaired) electrons. The first-order valence-corrected chi connectivity index (χ1v) is 9.58. The highest BCUT2D eigenvalue weighted by Crippen LogP contribution is 2.29. The number of nitrogens with zero attached hydrogens (tertiary/aromatic N) is 3. The van der Waals surface area contributed by atoms with Crippen LogP contribution in [-0.2, 0) is 0 Å². The maximum atomic E-state index is 12.6. The monoisotopic (exact) mass is 384 g/mol. The smallest absolute Gasteiger partial charge is 0.321 e. The highest BCUT2D eigenvalue weighted by atomic mass is 16.4. The van der Waals surface area contributed by atoms with E-state index in [4.69, 9.17) is 4.42 Å². The number of nitrogens with one attached hydrogen (secondary N) is 1. The molecular weight excluding hydrogens is 356 g/mol. The number of oxazole rings is 1. The van der Waals surface area contributed by atoms with E-state index in [1.54, 1.807) is 21.0 Å². The molecule has 150 valence electrons. The second-order valence-corrected chi connectivity index (χ2v) is 7.67. The van der Waals surface area contributed by atoms with Crippen LogP contribution in [0.2, 0.25) is 0 Å². The summed E-state index contributed by atoms with van der Waals surface area (Å²) >= 11 is 0. The maximum absolute atomic E-state index is 12.6. The van der Waals surface area contributed by atoms with Crippen molar-refractivity contribution in [2.45, 2.75) is 39.5 Å². The van der Waals surface area contributed by atoms with Crippen LogP contribution in [0, 0.1) is 20.8 Å². The molecule has 0 atom stereocenters. The van der Waals surface area contributed by atoms with Crippen molar-refractivity contribution in [2.75, 3.05) is 32.5 Å². The van der Waals surface area contributed by atoms with Crippen molar-refractivity contribution in [3.63, 3.8) is 0 Å².